The number of carbonyl (C=O) groups excluding carboxylic acids is 1. The molecular weight excluding hydrogens is 308 g/mol. The van der Waals surface area contributed by atoms with Gasteiger partial charge in [0.1, 0.15) is 4.88 Å². The molecule has 4 nitrogen and oxygen atoms in total. The van der Waals surface area contributed by atoms with Crippen molar-refractivity contribution in [3.05, 3.63) is 52.5 Å². The third kappa shape index (κ3) is 2.89. The summed E-state index contributed by atoms with van der Waals surface area (Å²) in [6.07, 6.45) is -0.114. The van der Waals surface area contributed by atoms with Crippen molar-refractivity contribution in [3.63, 3.8) is 0 Å². The fourth-order valence-electron chi connectivity index (χ4n) is 2.40. The largest absolute Gasteiger partial charge is 0.334 e. The predicted molar refractivity (Wildman–Crippen MR) is 79.8 cm³/mol. The molecule has 2 aromatic rings. The van der Waals surface area contributed by atoms with Crippen LogP contribution in [0.1, 0.15) is 33.8 Å². The van der Waals surface area contributed by atoms with E-state index in [2.05, 4.69) is 9.59 Å². The molecule has 0 saturated heterocycles. The molecule has 0 unspecified atom stereocenters. The Balaban J connectivity index is 1.75. The van der Waals surface area contributed by atoms with E-state index in [0.29, 0.717) is 19.5 Å². The van der Waals surface area contributed by atoms with Crippen molar-refractivity contribution in [1.29, 1.82) is 0 Å². The molecule has 1 aliphatic heterocycles. The topological polar surface area (TPSA) is 46.1 Å². The third-order valence-electron chi connectivity index (χ3n) is 3.56. The smallest absolute Gasteiger partial charge is 0.283 e. The molecule has 0 saturated carbocycles. The fourth-order valence-corrected chi connectivity index (χ4v) is 3.04. The van der Waals surface area contributed by atoms with Gasteiger partial charge in [-0.25, -0.2) is 8.78 Å². The van der Waals surface area contributed by atoms with E-state index in [9.17, 15) is 13.6 Å². The Morgan fingerprint density at radius 1 is 1.27 bits per heavy atom. The van der Waals surface area contributed by atoms with E-state index in [1.807, 2.05) is 36.4 Å². The molecule has 0 atom stereocenters. The zero-order valence-corrected chi connectivity index (χ0v) is 12.4. The van der Waals surface area contributed by atoms with Crippen molar-refractivity contribution in [2.24, 2.45) is 0 Å². The summed E-state index contributed by atoms with van der Waals surface area (Å²) in [5, 5.41) is 3.35. The average Bonchev–Trinajstić information content (AvgIpc) is 3.05. The Morgan fingerprint density at radius 2 is 2.05 bits per heavy atom. The number of hydrogen-bond donors (Lipinski definition) is 0. The van der Waals surface area contributed by atoms with Gasteiger partial charge in [-0.1, -0.05) is 40.9 Å². The van der Waals surface area contributed by atoms with Crippen LogP contribution >= 0.6 is 11.5 Å². The molecule has 1 aromatic carbocycles. The van der Waals surface area contributed by atoms with E-state index in [1.165, 1.54) is 5.57 Å². The molecule has 22 heavy (non-hydrogen) atoms. The molecular formula is C15H13F2N3OS. The molecule has 114 valence electrons. The highest BCUT2D eigenvalue weighted by atomic mass is 32.1. The van der Waals surface area contributed by atoms with E-state index >= 15 is 0 Å². The number of carbonyl (C=O) groups is 1. The molecule has 1 amide bonds. The van der Waals surface area contributed by atoms with Crippen LogP contribution in [0, 0.1) is 0 Å². The van der Waals surface area contributed by atoms with Crippen molar-refractivity contribution in [2.45, 2.75) is 12.8 Å². The molecule has 3 rings (SSSR count). The first kappa shape index (κ1) is 14.8. The monoisotopic (exact) mass is 321 g/mol. The van der Waals surface area contributed by atoms with Crippen LogP contribution < -0.4 is 0 Å². The summed E-state index contributed by atoms with van der Waals surface area (Å²) in [6.45, 7) is 0.907. The highest BCUT2D eigenvalue weighted by Crippen LogP contribution is 2.27. The molecule has 7 heteroatoms. The Morgan fingerprint density at radius 3 is 2.68 bits per heavy atom. The summed E-state index contributed by atoms with van der Waals surface area (Å²) in [7, 11) is 0. The lowest BCUT2D eigenvalue weighted by molar-refractivity contribution is 0.0765. The lowest BCUT2D eigenvalue weighted by Gasteiger charge is -2.26. The van der Waals surface area contributed by atoms with Gasteiger partial charge in [-0.15, -0.1) is 5.10 Å². The van der Waals surface area contributed by atoms with Crippen LogP contribution in [0.5, 0.6) is 0 Å². The Labute approximate surface area is 130 Å². The number of halogens is 2. The van der Waals surface area contributed by atoms with Gasteiger partial charge in [0.05, 0.1) is 0 Å². The van der Waals surface area contributed by atoms with Crippen molar-refractivity contribution < 1.29 is 13.6 Å². The Hall–Kier alpha value is -2.15. The molecule has 1 aromatic heterocycles. The summed E-state index contributed by atoms with van der Waals surface area (Å²) in [4.78, 5) is 13.8. The minimum Gasteiger partial charge on any atom is -0.334 e. The van der Waals surface area contributed by atoms with Gasteiger partial charge in [-0.05, 0) is 29.1 Å². The van der Waals surface area contributed by atoms with Gasteiger partial charge in [-0.3, -0.25) is 4.79 Å². The van der Waals surface area contributed by atoms with Gasteiger partial charge in [0.25, 0.3) is 12.3 Å². The number of amides is 1. The maximum absolute atomic E-state index is 12.8. The number of aromatic nitrogens is 2. The Kier molecular flexibility index (Phi) is 4.24. The zero-order chi connectivity index (χ0) is 15.5. The number of hydrogen-bond acceptors (Lipinski definition) is 4. The van der Waals surface area contributed by atoms with Gasteiger partial charge in [0, 0.05) is 13.1 Å². The summed E-state index contributed by atoms with van der Waals surface area (Å²) < 4.78 is 29.1. The molecule has 0 spiro atoms. The molecule has 0 bridgehead atoms. The van der Waals surface area contributed by atoms with E-state index in [-0.39, 0.29) is 4.88 Å². The molecule has 0 radical (unpaired) electrons. The molecule has 0 aliphatic carbocycles. The first-order chi connectivity index (χ1) is 10.7. The highest BCUT2D eigenvalue weighted by Gasteiger charge is 2.27. The minimum absolute atomic E-state index is 0.0634. The standard InChI is InChI=1S/C15H13F2N3OS/c16-14(17)12-13(22-19-18-12)15(21)20-8-6-11(7-9-20)10-4-2-1-3-5-10/h1-6,14H,7-9H2. The maximum Gasteiger partial charge on any atom is 0.283 e. The molecule has 0 fully saturated rings. The summed E-state index contributed by atoms with van der Waals surface area (Å²) in [5.74, 6) is -0.423. The van der Waals surface area contributed by atoms with Gasteiger partial charge in [0.15, 0.2) is 5.69 Å². The molecule has 2 heterocycles. The van der Waals surface area contributed by atoms with Crippen molar-refractivity contribution in [2.75, 3.05) is 13.1 Å². The van der Waals surface area contributed by atoms with E-state index in [0.717, 1.165) is 17.1 Å². The number of alkyl halides is 2. The first-order valence-electron chi connectivity index (χ1n) is 6.81. The maximum atomic E-state index is 12.8. The fraction of sp³-hybridized carbons (Fsp3) is 0.267. The van der Waals surface area contributed by atoms with Crippen molar-refractivity contribution in [1.82, 2.24) is 14.5 Å². The highest BCUT2D eigenvalue weighted by molar-refractivity contribution is 7.08. The second-order valence-corrected chi connectivity index (χ2v) is 5.64. The number of rotatable bonds is 3. The lowest BCUT2D eigenvalue weighted by atomic mass is 9.99. The van der Waals surface area contributed by atoms with E-state index < -0.39 is 18.0 Å². The lowest BCUT2D eigenvalue weighted by Crippen LogP contribution is -2.34. The van der Waals surface area contributed by atoms with Gasteiger partial charge >= 0.3 is 0 Å². The van der Waals surface area contributed by atoms with E-state index in [1.54, 1.807) is 4.90 Å². The van der Waals surface area contributed by atoms with Crippen molar-refractivity contribution in [3.8, 4) is 0 Å². The van der Waals surface area contributed by atoms with Crippen LogP contribution in [-0.4, -0.2) is 33.5 Å². The first-order valence-corrected chi connectivity index (χ1v) is 7.58. The van der Waals surface area contributed by atoms with Crippen molar-refractivity contribution >= 4 is 23.0 Å². The molecule has 0 N–H and O–H groups in total. The summed E-state index contributed by atoms with van der Waals surface area (Å²) in [6, 6.07) is 9.92. The van der Waals surface area contributed by atoms with Gasteiger partial charge < -0.3 is 4.90 Å². The predicted octanol–water partition coefficient (Wildman–Crippen LogP) is 3.41. The summed E-state index contributed by atoms with van der Waals surface area (Å²) in [5.41, 5.74) is 1.77. The van der Waals surface area contributed by atoms with Gasteiger partial charge in [0.2, 0.25) is 0 Å². The number of nitrogens with zero attached hydrogens (tertiary/aromatic N) is 3. The van der Waals surface area contributed by atoms with E-state index in [4.69, 9.17) is 0 Å². The zero-order valence-electron chi connectivity index (χ0n) is 11.6. The van der Waals surface area contributed by atoms with Crippen LogP contribution in [-0.2, 0) is 0 Å². The number of benzene rings is 1. The van der Waals surface area contributed by atoms with Crippen LogP contribution in [0.2, 0.25) is 0 Å². The van der Waals surface area contributed by atoms with Gasteiger partial charge in [-0.2, -0.15) is 0 Å². The van der Waals surface area contributed by atoms with Crippen LogP contribution in [0.25, 0.3) is 5.57 Å². The summed E-state index contributed by atoms with van der Waals surface area (Å²) >= 11 is 0.724. The second kappa shape index (κ2) is 6.31. The Bertz CT molecular complexity index is 700. The van der Waals surface area contributed by atoms with Crippen LogP contribution in [0.4, 0.5) is 8.78 Å². The van der Waals surface area contributed by atoms with Crippen LogP contribution in [0.15, 0.2) is 36.4 Å². The van der Waals surface area contributed by atoms with Crippen LogP contribution in [0.3, 0.4) is 0 Å². The molecule has 1 aliphatic rings. The normalized spacial score (nSPS) is 15.0. The quantitative estimate of drug-likeness (QED) is 0.870. The average molecular weight is 321 g/mol. The second-order valence-electron chi connectivity index (χ2n) is 4.88. The minimum atomic E-state index is -2.78. The SMILES string of the molecule is O=C(c1snnc1C(F)F)N1CC=C(c2ccccc2)CC1. The third-order valence-corrected chi connectivity index (χ3v) is 4.28.